The predicted octanol–water partition coefficient (Wildman–Crippen LogP) is 0.545. The lowest BCUT2D eigenvalue weighted by molar-refractivity contribution is -0.116. The molecule has 2 nitrogen and oxygen atoms in total. The van der Waals surface area contributed by atoms with Crippen molar-refractivity contribution >= 4 is 23.1 Å². The van der Waals surface area contributed by atoms with E-state index in [0.717, 1.165) is 0 Å². The SMILES string of the molecule is O=C1NC=CCC1=C=S. The quantitative estimate of drug-likeness (QED) is 0.392. The summed E-state index contributed by atoms with van der Waals surface area (Å²) in [7, 11) is 0. The molecule has 0 saturated heterocycles. The minimum atomic E-state index is -0.132. The van der Waals surface area contributed by atoms with Gasteiger partial charge in [0, 0.05) is 12.6 Å². The number of carbonyl (C=O) groups is 1. The minimum absolute atomic E-state index is 0.132. The van der Waals surface area contributed by atoms with Gasteiger partial charge >= 0.3 is 0 Å². The summed E-state index contributed by atoms with van der Waals surface area (Å²) in [5, 5.41) is 4.89. The zero-order valence-corrected chi connectivity index (χ0v) is 5.49. The van der Waals surface area contributed by atoms with Crippen LogP contribution in [0.25, 0.3) is 0 Å². The molecule has 0 aliphatic carbocycles. The van der Waals surface area contributed by atoms with Crippen LogP contribution >= 0.6 is 12.2 Å². The van der Waals surface area contributed by atoms with Crippen LogP contribution in [-0.4, -0.2) is 10.9 Å². The average molecular weight is 139 g/mol. The summed E-state index contributed by atoms with van der Waals surface area (Å²) in [5.74, 6) is -0.132. The van der Waals surface area contributed by atoms with Gasteiger partial charge in [-0.2, -0.15) is 0 Å². The van der Waals surface area contributed by atoms with Crippen molar-refractivity contribution in [2.75, 3.05) is 0 Å². The number of amides is 1. The lowest BCUT2D eigenvalue weighted by Crippen LogP contribution is -2.22. The molecular weight excluding hydrogens is 134 g/mol. The topological polar surface area (TPSA) is 29.1 Å². The van der Waals surface area contributed by atoms with Gasteiger partial charge in [-0.25, -0.2) is 0 Å². The predicted molar refractivity (Wildman–Crippen MR) is 38.0 cm³/mol. The van der Waals surface area contributed by atoms with E-state index in [1.54, 1.807) is 6.20 Å². The number of nitrogens with one attached hydrogen (secondary N) is 1. The number of hydrogen-bond donors (Lipinski definition) is 1. The van der Waals surface area contributed by atoms with Crippen LogP contribution < -0.4 is 5.32 Å². The van der Waals surface area contributed by atoms with Crippen LogP contribution in [0.4, 0.5) is 0 Å². The van der Waals surface area contributed by atoms with Crippen LogP contribution in [0.15, 0.2) is 17.8 Å². The molecule has 0 unspecified atom stereocenters. The van der Waals surface area contributed by atoms with E-state index in [4.69, 9.17) is 0 Å². The highest BCUT2D eigenvalue weighted by Gasteiger charge is 2.08. The Bertz CT molecular complexity index is 213. The molecule has 0 radical (unpaired) electrons. The van der Waals surface area contributed by atoms with Gasteiger partial charge in [0.05, 0.1) is 5.57 Å². The minimum Gasteiger partial charge on any atom is -0.329 e. The van der Waals surface area contributed by atoms with E-state index in [1.165, 1.54) is 0 Å². The molecule has 0 aromatic heterocycles. The van der Waals surface area contributed by atoms with Crippen molar-refractivity contribution < 1.29 is 4.79 Å². The Kier molecular flexibility index (Phi) is 1.78. The van der Waals surface area contributed by atoms with Crippen LogP contribution in [0.2, 0.25) is 0 Å². The third-order valence-corrected chi connectivity index (χ3v) is 1.30. The van der Waals surface area contributed by atoms with Crippen molar-refractivity contribution in [3.05, 3.63) is 17.8 Å². The summed E-state index contributed by atoms with van der Waals surface area (Å²) < 4.78 is 0. The second-order valence-electron chi connectivity index (χ2n) is 1.66. The normalized spacial score (nSPS) is 16.9. The van der Waals surface area contributed by atoms with Gasteiger partial charge in [0.2, 0.25) is 0 Å². The summed E-state index contributed by atoms with van der Waals surface area (Å²) in [6.45, 7) is 0. The van der Waals surface area contributed by atoms with E-state index in [9.17, 15) is 4.79 Å². The van der Waals surface area contributed by atoms with Gasteiger partial charge in [0.25, 0.3) is 5.91 Å². The third kappa shape index (κ3) is 1.25. The third-order valence-electron chi connectivity index (χ3n) is 1.05. The Morgan fingerprint density at radius 1 is 1.78 bits per heavy atom. The first-order valence-corrected chi connectivity index (χ1v) is 2.95. The Hall–Kier alpha value is -0.920. The molecule has 0 bridgehead atoms. The maximum atomic E-state index is 10.7. The number of rotatable bonds is 0. The van der Waals surface area contributed by atoms with Crippen LogP contribution in [0.1, 0.15) is 6.42 Å². The molecule has 1 rings (SSSR count). The second kappa shape index (κ2) is 2.58. The number of carbonyl (C=O) groups excluding carboxylic acids is 1. The van der Waals surface area contributed by atoms with Crippen molar-refractivity contribution in [3.8, 4) is 0 Å². The fourth-order valence-corrected chi connectivity index (χ4v) is 0.755. The number of allylic oxidation sites excluding steroid dienone is 1. The molecule has 0 aromatic carbocycles. The van der Waals surface area contributed by atoms with Crippen molar-refractivity contribution in [2.24, 2.45) is 0 Å². The molecule has 1 heterocycles. The molecule has 0 fully saturated rings. The molecule has 0 atom stereocenters. The van der Waals surface area contributed by atoms with Gasteiger partial charge in [0.1, 0.15) is 0 Å². The van der Waals surface area contributed by atoms with E-state index in [2.05, 4.69) is 22.6 Å². The van der Waals surface area contributed by atoms with E-state index in [-0.39, 0.29) is 5.91 Å². The van der Waals surface area contributed by atoms with Gasteiger partial charge in [-0.05, 0) is 17.2 Å². The van der Waals surface area contributed by atoms with Crippen LogP contribution in [0.3, 0.4) is 0 Å². The maximum absolute atomic E-state index is 10.7. The molecule has 0 saturated carbocycles. The van der Waals surface area contributed by atoms with E-state index < -0.39 is 0 Å². The first-order chi connectivity index (χ1) is 4.34. The molecule has 0 aromatic rings. The fraction of sp³-hybridized carbons (Fsp3) is 0.167. The van der Waals surface area contributed by atoms with Gasteiger partial charge in [-0.1, -0.05) is 6.08 Å². The molecule has 1 aliphatic heterocycles. The average Bonchev–Trinajstić information content (AvgIpc) is 1.89. The van der Waals surface area contributed by atoms with Crippen molar-refractivity contribution in [1.82, 2.24) is 5.32 Å². The summed E-state index contributed by atoms with van der Waals surface area (Å²) in [5.41, 5.74) is 0.535. The lowest BCUT2D eigenvalue weighted by atomic mass is 10.1. The van der Waals surface area contributed by atoms with Crippen LogP contribution in [0, 0.1) is 0 Å². The maximum Gasteiger partial charge on any atom is 0.260 e. The second-order valence-corrected chi connectivity index (χ2v) is 1.86. The Balaban J connectivity index is 2.88. The van der Waals surface area contributed by atoms with Gasteiger partial charge in [-0.3, -0.25) is 4.79 Å². The van der Waals surface area contributed by atoms with Gasteiger partial charge < -0.3 is 5.32 Å². The zero-order chi connectivity index (χ0) is 6.69. The van der Waals surface area contributed by atoms with Crippen molar-refractivity contribution in [2.45, 2.75) is 6.42 Å². The van der Waals surface area contributed by atoms with Crippen molar-refractivity contribution in [1.29, 1.82) is 0 Å². The molecule has 3 heteroatoms. The van der Waals surface area contributed by atoms with Crippen LogP contribution in [-0.2, 0) is 4.79 Å². The zero-order valence-electron chi connectivity index (χ0n) is 4.68. The Morgan fingerprint density at radius 3 is 3.00 bits per heavy atom. The highest BCUT2D eigenvalue weighted by molar-refractivity contribution is 7.78. The van der Waals surface area contributed by atoms with Crippen molar-refractivity contribution in [3.63, 3.8) is 0 Å². The first-order valence-electron chi connectivity index (χ1n) is 2.54. The van der Waals surface area contributed by atoms with Gasteiger partial charge in [0.15, 0.2) is 0 Å². The largest absolute Gasteiger partial charge is 0.329 e. The number of hydrogen-bond acceptors (Lipinski definition) is 2. The molecular formula is C6H5NOS. The summed E-state index contributed by atoms with van der Waals surface area (Å²) in [6, 6.07) is 0. The summed E-state index contributed by atoms with van der Waals surface area (Å²) in [4.78, 5) is 10.7. The monoisotopic (exact) mass is 139 g/mol. The van der Waals surface area contributed by atoms with E-state index in [1.807, 2.05) is 6.08 Å². The van der Waals surface area contributed by atoms with E-state index in [0.29, 0.717) is 12.0 Å². The molecule has 1 aliphatic rings. The smallest absolute Gasteiger partial charge is 0.260 e. The molecule has 46 valence electrons. The first kappa shape index (κ1) is 6.20. The molecule has 9 heavy (non-hydrogen) atoms. The van der Waals surface area contributed by atoms with Crippen LogP contribution in [0.5, 0.6) is 0 Å². The molecule has 0 spiro atoms. The highest BCUT2D eigenvalue weighted by Crippen LogP contribution is 2.01. The Morgan fingerprint density at radius 2 is 2.56 bits per heavy atom. The standard InChI is InChI=1S/C6H5NOS/c8-6-5(4-9)2-1-3-7-6/h1,3H,2H2,(H,7,8). The highest BCUT2D eigenvalue weighted by atomic mass is 32.1. The van der Waals surface area contributed by atoms with E-state index >= 15 is 0 Å². The summed E-state index contributed by atoms with van der Waals surface area (Å²) in [6.07, 6.45) is 4.05. The number of thiocarbonyl (C=S) groups is 1. The Labute approximate surface area is 58.2 Å². The fourth-order valence-electron chi connectivity index (χ4n) is 0.579. The van der Waals surface area contributed by atoms with Gasteiger partial charge in [-0.15, -0.1) is 0 Å². The lowest BCUT2D eigenvalue weighted by Gasteiger charge is -2.04. The molecule has 1 amide bonds. The molecule has 1 N–H and O–H groups in total. The summed E-state index contributed by atoms with van der Waals surface area (Å²) >= 11 is 4.47.